The summed E-state index contributed by atoms with van der Waals surface area (Å²) in [5.41, 5.74) is 3.93. The molecule has 0 saturated heterocycles. The van der Waals surface area contributed by atoms with Gasteiger partial charge in [-0.15, -0.1) is 0 Å². The Morgan fingerprint density at radius 1 is 1.15 bits per heavy atom. The smallest absolute Gasteiger partial charge is 0.355 e. The molecule has 2 aromatic rings. The number of rotatable bonds is 7. The lowest BCUT2D eigenvalue weighted by molar-refractivity contribution is -0.0165. The normalized spacial score (nSPS) is 11.5. The second-order valence-electron chi connectivity index (χ2n) is 7.31. The Morgan fingerprint density at radius 3 is 2.50 bits per heavy atom. The monoisotopic (exact) mass is 359 g/mol. The number of carbonyl (C=O) groups excluding carboxylic acids is 1. The molecule has 1 heterocycles. The van der Waals surface area contributed by atoms with Crippen molar-refractivity contribution in [2.45, 2.75) is 60.4 Å². The molecule has 2 rings (SSSR count). The highest BCUT2D eigenvalue weighted by molar-refractivity contribution is 5.89. The van der Waals surface area contributed by atoms with Crippen molar-refractivity contribution >= 4 is 5.97 Å². The predicted molar refractivity (Wildman–Crippen MR) is 102 cm³/mol. The number of aromatic amines is 1. The van der Waals surface area contributed by atoms with Crippen LogP contribution < -0.4 is 4.74 Å². The second-order valence-corrected chi connectivity index (χ2v) is 7.31. The van der Waals surface area contributed by atoms with Crippen molar-refractivity contribution < 1.29 is 19.0 Å². The average molecular weight is 359 g/mol. The van der Waals surface area contributed by atoms with Crippen LogP contribution in [-0.4, -0.2) is 23.2 Å². The van der Waals surface area contributed by atoms with Crippen LogP contribution in [0.15, 0.2) is 24.3 Å². The van der Waals surface area contributed by atoms with Crippen LogP contribution in [0.25, 0.3) is 0 Å². The molecule has 0 amide bonds. The maximum Gasteiger partial charge on any atom is 0.355 e. The molecule has 0 aliphatic heterocycles. The van der Waals surface area contributed by atoms with Crippen LogP contribution in [-0.2, 0) is 22.7 Å². The summed E-state index contributed by atoms with van der Waals surface area (Å²) in [6.45, 7) is 12.8. The van der Waals surface area contributed by atoms with Crippen molar-refractivity contribution in [2.24, 2.45) is 0 Å². The fourth-order valence-electron chi connectivity index (χ4n) is 2.54. The molecular weight excluding hydrogens is 330 g/mol. The minimum atomic E-state index is -0.375. The van der Waals surface area contributed by atoms with E-state index in [0.29, 0.717) is 18.9 Å². The number of hydrogen-bond donors (Lipinski definition) is 1. The van der Waals surface area contributed by atoms with Gasteiger partial charge in [0.05, 0.1) is 18.8 Å². The Labute approximate surface area is 155 Å². The number of aryl methyl sites for hydroxylation is 1. The average Bonchev–Trinajstić information content (AvgIpc) is 2.87. The van der Waals surface area contributed by atoms with Gasteiger partial charge in [0.25, 0.3) is 0 Å². The molecule has 1 aromatic carbocycles. The van der Waals surface area contributed by atoms with Crippen molar-refractivity contribution in [1.29, 1.82) is 0 Å². The van der Waals surface area contributed by atoms with E-state index in [1.165, 1.54) is 0 Å². The number of esters is 1. The first-order valence-electron chi connectivity index (χ1n) is 8.92. The third-order valence-electron chi connectivity index (χ3n) is 3.98. The molecule has 0 bridgehead atoms. The fourth-order valence-corrected chi connectivity index (χ4v) is 2.54. The zero-order valence-electron chi connectivity index (χ0n) is 16.6. The van der Waals surface area contributed by atoms with E-state index >= 15 is 0 Å². The molecule has 142 valence electrons. The summed E-state index contributed by atoms with van der Waals surface area (Å²) >= 11 is 0. The molecule has 1 N–H and O–H groups in total. The van der Waals surface area contributed by atoms with Crippen molar-refractivity contribution in [3.8, 4) is 5.75 Å². The lowest BCUT2D eigenvalue weighted by atomic mass is 10.1. The van der Waals surface area contributed by atoms with E-state index in [0.717, 1.165) is 28.1 Å². The summed E-state index contributed by atoms with van der Waals surface area (Å²) in [6, 6.07) is 7.84. The van der Waals surface area contributed by atoms with Gasteiger partial charge in [-0.1, -0.05) is 12.1 Å². The van der Waals surface area contributed by atoms with Gasteiger partial charge >= 0.3 is 5.97 Å². The molecule has 0 saturated carbocycles. The lowest BCUT2D eigenvalue weighted by Gasteiger charge is -2.19. The van der Waals surface area contributed by atoms with Gasteiger partial charge in [0.15, 0.2) is 0 Å². The molecule has 5 nitrogen and oxygen atoms in total. The van der Waals surface area contributed by atoms with E-state index in [1.54, 1.807) is 6.92 Å². The quantitative estimate of drug-likeness (QED) is 0.728. The van der Waals surface area contributed by atoms with Crippen LogP contribution in [0.1, 0.15) is 60.6 Å². The Morgan fingerprint density at radius 2 is 1.88 bits per heavy atom. The summed E-state index contributed by atoms with van der Waals surface area (Å²) < 4.78 is 17.0. The molecule has 1 aromatic heterocycles. The van der Waals surface area contributed by atoms with Crippen molar-refractivity contribution in [3.63, 3.8) is 0 Å². The minimum Gasteiger partial charge on any atom is -0.489 e. The first-order valence-corrected chi connectivity index (χ1v) is 8.92. The molecule has 5 heteroatoms. The molecule has 0 radical (unpaired) electrons. The van der Waals surface area contributed by atoms with Crippen LogP contribution in [0.4, 0.5) is 0 Å². The molecular formula is C21H29NO4. The van der Waals surface area contributed by atoms with Crippen molar-refractivity contribution in [3.05, 3.63) is 52.3 Å². The number of H-pyrrole nitrogens is 1. The fraction of sp³-hybridized carbons (Fsp3) is 0.476. The van der Waals surface area contributed by atoms with Gasteiger partial charge < -0.3 is 19.2 Å². The minimum absolute atomic E-state index is 0.264. The van der Waals surface area contributed by atoms with Gasteiger partial charge in [-0.3, -0.25) is 0 Å². The van der Waals surface area contributed by atoms with Crippen LogP contribution in [0.5, 0.6) is 5.75 Å². The molecule has 0 aliphatic carbocycles. The Balaban J connectivity index is 2.25. The van der Waals surface area contributed by atoms with Crippen LogP contribution in [0, 0.1) is 13.8 Å². The molecule has 0 unspecified atom stereocenters. The Kier molecular flexibility index (Phi) is 6.48. The van der Waals surface area contributed by atoms with Crippen molar-refractivity contribution in [1.82, 2.24) is 4.98 Å². The highest BCUT2D eigenvalue weighted by Gasteiger charge is 2.22. The van der Waals surface area contributed by atoms with E-state index in [1.807, 2.05) is 58.9 Å². The molecule has 0 aliphatic rings. The Bertz CT molecular complexity index is 756. The number of carbonyl (C=O) groups is 1. The van der Waals surface area contributed by atoms with E-state index in [-0.39, 0.29) is 18.2 Å². The topological polar surface area (TPSA) is 60.6 Å². The first kappa shape index (κ1) is 20.0. The van der Waals surface area contributed by atoms with E-state index < -0.39 is 0 Å². The largest absolute Gasteiger partial charge is 0.489 e. The maximum atomic E-state index is 12.3. The predicted octanol–water partition coefficient (Wildman–Crippen LogP) is 4.70. The molecule has 0 atom stereocenters. The number of hydrogen-bond acceptors (Lipinski definition) is 4. The van der Waals surface area contributed by atoms with Gasteiger partial charge in [-0.05, 0) is 64.8 Å². The highest BCUT2D eigenvalue weighted by atomic mass is 16.5. The third-order valence-corrected chi connectivity index (χ3v) is 3.98. The van der Waals surface area contributed by atoms with Gasteiger partial charge in [0.2, 0.25) is 0 Å². The highest BCUT2D eigenvalue weighted by Crippen LogP contribution is 2.24. The summed E-state index contributed by atoms with van der Waals surface area (Å²) in [7, 11) is 0. The summed E-state index contributed by atoms with van der Waals surface area (Å²) in [6.07, 6.45) is 0. The summed E-state index contributed by atoms with van der Waals surface area (Å²) in [4.78, 5) is 15.5. The second kappa shape index (κ2) is 8.41. The summed E-state index contributed by atoms with van der Waals surface area (Å²) in [5, 5.41) is 0. The lowest BCUT2D eigenvalue weighted by Crippen LogP contribution is -2.19. The number of benzene rings is 1. The van der Waals surface area contributed by atoms with Crippen LogP contribution in [0.2, 0.25) is 0 Å². The molecule has 0 spiro atoms. The van der Waals surface area contributed by atoms with Gasteiger partial charge in [-0.25, -0.2) is 4.79 Å². The van der Waals surface area contributed by atoms with E-state index in [2.05, 4.69) is 4.98 Å². The van der Waals surface area contributed by atoms with Gasteiger partial charge in [0.1, 0.15) is 18.1 Å². The zero-order valence-corrected chi connectivity index (χ0v) is 16.6. The van der Waals surface area contributed by atoms with Crippen molar-refractivity contribution in [2.75, 3.05) is 6.61 Å². The zero-order chi connectivity index (χ0) is 19.3. The number of nitrogens with one attached hydrogen (secondary N) is 1. The number of aromatic nitrogens is 1. The molecule has 0 fully saturated rings. The standard InChI is InChI=1S/C21H29NO4/c1-7-24-20(23)19-17(12-25-16-10-8-9-14(2)11-16)15(3)18(22-19)13-26-21(4,5)6/h8-11,22H,7,12-13H2,1-6H3. The SMILES string of the molecule is CCOC(=O)c1[nH]c(COC(C)(C)C)c(C)c1COc1cccc(C)c1. The van der Waals surface area contributed by atoms with E-state index in [9.17, 15) is 4.79 Å². The van der Waals surface area contributed by atoms with Gasteiger partial charge in [0, 0.05) is 11.3 Å². The number of ether oxygens (including phenoxy) is 3. The molecule has 26 heavy (non-hydrogen) atoms. The summed E-state index contributed by atoms with van der Waals surface area (Å²) in [5.74, 6) is 0.397. The maximum absolute atomic E-state index is 12.3. The van der Waals surface area contributed by atoms with Crippen LogP contribution in [0.3, 0.4) is 0 Å². The first-order chi connectivity index (χ1) is 12.2. The van der Waals surface area contributed by atoms with Crippen LogP contribution >= 0.6 is 0 Å². The van der Waals surface area contributed by atoms with E-state index in [4.69, 9.17) is 14.2 Å². The van der Waals surface area contributed by atoms with Gasteiger partial charge in [-0.2, -0.15) is 0 Å². The Hall–Kier alpha value is -2.27. The third kappa shape index (κ3) is 5.36.